The summed E-state index contributed by atoms with van der Waals surface area (Å²) in [5.41, 5.74) is 8.47. The summed E-state index contributed by atoms with van der Waals surface area (Å²) < 4.78 is 0. The second-order valence-electron chi connectivity index (χ2n) is 8.73. The SMILES string of the molecule is CC(=O)N1C[C@@H]2[C@H](C1)[C@H]2c1cc(-c2cnc(N)nc2)nc(N2CC3CC2C3)n1. The normalized spacial score (nSPS) is 32.2. The highest BCUT2D eigenvalue weighted by atomic mass is 16.2. The van der Waals surface area contributed by atoms with Crippen molar-refractivity contribution in [1.82, 2.24) is 24.8 Å². The van der Waals surface area contributed by atoms with Crippen LogP contribution < -0.4 is 10.6 Å². The van der Waals surface area contributed by atoms with E-state index in [1.165, 1.54) is 12.8 Å². The summed E-state index contributed by atoms with van der Waals surface area (Å²) in [6.45, 7) is 4.40. The van der Waals surface area contributed by atoms with Gasteiger partial charge in [-0.25, -0.2) is 19.9 Å². The molecule has 8 heteroatoms. The Balaban J connectivity index is 1.35. The van der Waals surface area contributed by atoms with E-state index in [0.717, 1.165) is 48.5 Å². The third-order valence-corrected chi connectivity index (χ3v) is 7.05. The zero-order valence-electron chi connectivity index (χ0n) is 15.8. The molecule has 0 radical (unpaired) electrons. The van der Waals surface area contributed by atoms with E-state index in [1.807, 2.05) is 4.90 Å². The zero-order chi connectivity index (χ0) is 19.0. The number of likely N-dealkylation sites (tertiary alicyclic amines) is 1. The van der Waals surface area contributed by atoms with Crippen LogP contribution in [0.15, 0.2) is 18.5 Å². The molecule has 8 nitrogen and oxygen atoms in total. The number of fused-ring (bicyclic) bond motifs is 2. The first-order valence-electron chi connectivity index (χ1n) is 10.1. The van der Waals surface area contributed by atoms with E-state index in [1.54, 1.807) is 19.3 Å². The molecule has 3 atom stereocenters. The monoisotopic (exact) mass is 377 g/mol. The second kappa shape index (κ2) is 5.62. The van der Waals surface area contributed by atoms with Crippen LogP contribution in [0.1, 0.15) is 31.4 Å². The minimum atomic E-state index is 0.172. The van der Waals surface area contributed by atoms with E-state index < -0.39 is 0 Å². The molecule has 2 aromatic heterocycles. The number of anilines is 2. The first-order chi connectivity index (χ1) is 13.6. The Morgan fingerprint density at radius 3 is 2.43 bits per heavy atom. The van der Waals surface area contributed by atoms with Gasteiger partial charge in [0.25, 0.3) is 0 Å². The number of rotatable bonds is 3. The third-order valence-electron chi connectivity index (χ3n) is 7.05. The number of nitrogens with two attached hydrogens (primary N) is 1. The van der Waals surface area contributed by atoms with Crippen molar-refractivity contribution in [2.45, 2.75) is 31.7 Å². The lowest BCUT2D eigenvalue weighted by molar-refractivity contribution is -0.128. The number of hydrogen-bond acceptors (Lipinski definition) is 7. The summed E-state index contributed by atoms with van der Waals surface area (Å²) in [7, 11) is 0. The summed E-state index contributed by atoms with van der Waals surface area (Å²) in [6, 6.07) is 2.67. The van der Waals surface area contributed by atoms with Crippen LogP contribution in [0.5, 0.6) is 0 Å². The standard InChI is InChI=1S/C20H23N7O/c1-10(28)26-8-14-15(9-26)18(14)17-4-16(12-5-22-19(21)23-6-12)24-20(25-17)27-7-11-2-13(27)3-11/h4-6,11,13-15,18H,2-3,7-9H2,1H3,(H2,21,22,23)/t11?,13?,14-,15+,18+. The molecule has 2 aromatic rings. The smallest absolute Gasteiger partial charge is 0.226 e. The van der Waals surface area contributed by atoms with Crippen LogP contribution in [0, 0.1) is 17.8 Å². The van der Waals surface area contributed by atoms with Crippen molar-refractivity contribution in [1.29, 1.82) is 0 Å². The van der Waals surface area contributed by atoms with E-state index in [0.29, 0.717) is 23.8 Å². The van der Waals surface area contributed by atoms with Crippen molar-refractivity contribution >= 4 is 17.8 Å². The van der Waals surface area contributed by atoms with Gasteiger partial charge in [0.15, 0.2) is 0 Å². The van der Waals surface area contributed by atoms with Gasteiger partial charge in [-0.3, -0.25) is 4.79 Å². The molecule has 144 valence electrons. The Labute approximate surface area is 163 Å². The Morgan fingerprint density at radius 1 is 1.11 bits per heavy atom. The minimum absolute atomic E-state index is 0.172. The van der Waals surface area contributed by atoms with Crippen molar-refractivity contribution in [3.05, 3.63) is 24.2 Å². The van der Waals surface area contributed by atoms with Crippen molar-refractivity contribution in [2.24, 2.45) is 17.8 Å². The fourth-order valence-electron chi connectivity index (χ4n) is 5.37. The van der Waals surface area contributed by atoms with Crippen LogP contribution >= 0.6 is 0 Å². The highest BCUT2D eigenvalue weighted by Crippen LogP contribution is 2.58. The van der Waals surface area contributed by atoms with Crippen LogP contribution in [-0.4, -0.2) is 56.4 Å². The molecular formula is C20H23N7O. The molecule has 2 N–H and O–H groups in total. The summed E-state index contributed by atoms with van der Waals surface area (Å²) in [5.74, 6) is 3.53. The fraction of sp³-hybridized carbons (Fsp3) is 0.550. The number of aromatic nitrogens is 4. The number of nitrogens with zero attached hydrogens (tertiary/aromatic N) is 6. The van der Waals surface area contributed by atoms with E-state index in [9.17, 15) is 4.79 Å². The molecule has 2 bridgehead atoms. The van der Waals surface area contributed by atoms with Crippen LogP contribution in [0.4, 0.5) is 11.9 Å². The molecular weight excluding hydrogens is 354 g/mol. The van der Waals surface area contributed by atoms with Gasteiger partial charge in [-0.05, 0) is 36.7 Å². The Hall–Kier alpha value is -2.77. The quantitative estimate of drug-likeness (QED) is 0.860. The van der Waals surface area contributed by atoms with Crippen molar-refractivity contribution in [3.8, 4) is 11.3 Å². The number of piperidine rings is 1. The lowest BCUT2D eigenvalue weighted by atomic mass is 9.86. The predicted molar refractivity (Wildman–Crippen MR) is 103 cm³/mol. The summed E-state index contributed by atoms with van der Waals surface area (Å²) in [5, 5.41) is 0. The van der Waals surface area contributed by atoms with Gasteiger partial charge in [-0.15, -0.1) is 0 Å². The van der Waals surface area contributed by atoms with E-state index in [2.05, 4.69) is 20.9 Å². The van der Waals surface area contributed by atoms with E-state index in [-0.39, 0.29) is 11.9 Å². The highest BCUT2D eigenvalue weighted by Gasteiger charge is 2.58. The van der Waals surface area contributed by atoms with Gasteiger partial charge in [0.1, 0.15) is 0 Å². The summed E-state index contributed by atoms with van der Waals surface area (Å²) >= 11 is 0. The Bertz CT molecular complexity index is 944. The Morgan fingerprint density at radius 2 is 1.82 bits per heavy atom. The van der Waals surface area contributed by atoms with Gasteiger partial charge in [-0.2, -0.15) is 0 Å². The number of carbonyl (C=O) groups excluding carboxylic acids is 1. The minimum Gasteiger partial charge on any atom is -0.368 e. The molecule has 5 aliphatic rings. The van der Waals surface area contributed by atoms with Gasteiger partial charge in [-0.1, -0.05) is 0 Å². The maximum atomic E-state index is 11.7. The van der Waals surface area contributed by atoms with Gasteiger partial charge in [0.05, 0.1) is 11.4 Å². The van der Waals surface area contributed by atoms with Gasteiger partial charge < -0.3 is 15.5 Å². The first-order valence-corrected chi connectivity index (χ1v) is 10.1. The third kappa shape index (κ3) is 2.40. The number of amides is 1. The average Bonchev–Trinajstić information content (AvgIpc) is 3.08. The Kier molecular flexibility index (Phi) is 3.25. The molecule has 0 unspecified atom stereocenters. The van der Waals surface area contributed by atoms with E-state index in [4.69, 9.17) is 15.7 Å². The molecule has 1 amide bonds. The lowest BCUT2D eigenvalue weighted by Gasteiger charge is -2.26. The molecule has 3 saturated heterocycles. The largest absolute Gasteiger partial charge is 0.368 e. The van der Waals surface area contributed by atoms with Crippen molar-refractivity contribution in [2.75, 3.05) is 30.3 Å². The van der Waals surface area contributed by atoms with Crippen LogP contribution in [0.25, 0.3) is 11.3 Å². The lowest BCUT2D eigenvalue weighted by Crippen LogP contribution is -2.30. The van der Waals surface area contributed by atoms with Crippen LogP contribution in [0.3, 0.4) is 0 Å². The maximum Gasteiger partial charge on any atom is 0.226 e. The maximum absolute atomic E-state index is 11.7. The molecule has 3 aliphatic heterocycles. The van der Waals surface area contributed by atoms with Crippen molar-refractivity contribution < 1.29 is 4.79 Å². The van der Waals surface area contributed by atoms with Gasteiger partial charge in [0.2, 0.25) is 17.8 Å². The highest BCUT2D eigenvalue weighted by molar-refractivity contribution is 5.74. The first kappa shape index (κ1) is 16.2. The summed E-state index contributed by atoms with van der Waals surface area (Å²) in [4.78, 5) is 34.1. The molecule has 2 aliphatic carbocycles. The number of carbonyl (C=O) groups is 1. The van der Waals surface area contributed by atoms with Gasteiger partial charge >= 0.3 is 0 Å². The molecule has 0 aromatic carbocycles. The van der Waals surface area contributed by atoms with Crippen molar-refractivity contribution in [3.63, 3.8) is 0 Å². The topological polar surface area (TPSA) is 101 Å². The molecule has 2 saturated carbocycles. The predicted octanol–water partition coefficient (Wildman–Crippen LogP) is 1.31. The average molecular weight is 377 g/mol. The molecule has 5 fully saturated rings. The van der Waals surface area contributed by atoms with Crippen LogP contribution in [0.2, 0.25) is 0 Å². The number of hydrogen-bond donors (Lipinski definition) is 1. The zero-order valence-corrected chi connectivity index (χ0v) is 15.8. The second-order valence-corrected chi connectivity index (χ2v) is 8.73. The molecule has 28 heavy (non-hydrogen) atoms. The molecule has 0 spiro atoms. The molecule has 5 heterocycles. The summed E-state index contributed by atoms with van der Waals surface area (Å²) in [6.07, 6.45) is 5.98. The van der Waals surface area contributed by atoms with E-state index >= 15 is 0 Å². The molecule has 7 rings (SSSR count). The number of nitrogen functional groups attached to an aromatic ring is 1. The van der Waals surface area contributed by atoms with Gasteiger partial charge in [0, 0.05) is 56.5 Å². The van der Waals surface area contributed by atoms with Crippen LogP contribution in [-0.2, 0) is 4.79 Å². The fourth-order valence-corrected chi connectivity index (χ4v) is 5.37.